The van der Waals surface area contributed by atoms with E-state index < -0.39 is 0 Å². The van der Waals surface area contributed by atoms with Crippen LogP contribution in [0.15, 0.2) is 36.4 Å². The highest BCUT2D eigenvalue weighted by Crippen LogP contribution is 2.38. The number of nitrogens with zero attached hydrogens (tertiary/aromatic N) is 2. The molecule has 0 fully saturated rings. The molecule has 0 bridgehead atoms. The van der Waals surface area contributed by atoms with Crippen LogP contribution in [0, 0.1) is 0 Å². The van der Waals surface area contributed by atoms with Gasteiger partial charge in [-0.1, -0.05) is 23.7 Å². The van der Waals surface area contributed by atoms with E-state index >= 15 is 0 Å². The van der Waals surface area contributed by atoms with Gasteiger partial charge in [0.1, 0.15) is 13.2 Å². The smallest absolute Gasteiger partial charge is 0.253 e. The molecule has 0 aromatic heterocycles. The van der Waals surface area contributed by atoms with Gasteiger partial charge in [0.05, 0.1) is 11.4 Å². The lowest BCUT2D eigenvalue weighted by molar-refractivity contribution is -0.130. The second kappa shape index (κ2) is 9.18. The number of benzene rings is 2. The first-order valence-corrected chi connectivity index (χ1v) is 9.93. The number of carbonyl (C=O) groups excluding carboxylic acids is 2. The molecule has 1 heterocycles. The molecule has 0 unspecified atom stereocenters. The number of hydrogen-bond donors (Lipinski definition) is 0. The predicted molar refractivity (Wildman–Crippen MR) is 112 cm³/mol. The van der Waals surface area contributed by atoms with Crippen LogP contribution in [0.4, 0.5) is 0 Å². The lowest BCUT2D eigenvalue weighted by Crippen LogP contribution is -2.31. The monoisotopic (exact) mass is 416 g/mol. The second-order valence-corrected chi connectivity index (χ2v) is 7.49. The molecule has 3 rings (SSSR count). The number of rotatable bonds is 6. The van der Waals surface area contributed by atoms with Gasteiger partial charge in [0.2, 0.25) is 5.91 Å². The molecule has 0 spiro atoms. The highest BCUT2D eigenvalue weighted by atomic mass is 35.5. The maximum Gasteiger partial charge on any atom is 0.253 e. The quantitative estimate of drug-likeness (QED) is 0.724. The number of hydrogen-bond acceptors (Lipinski definition) is 4. The fourth-order valence-corrected chi connectivity index (χ4v) is 3.45. The van der Waals surface area contributed by atoms with Crippen LogP contribution in [0.25, 0.3) is 0 Å². The first kappa shape index (κ1) is 21.0. The summed E-state index contributed by atoms with van der Waals surface area (Å²) in [5.41, 5.74) is 2.38. The molecule has 1 aliphatic heterocycles. The maximum absolute atomic E-state index is 12.8. The summed E-state index contributed by atoms with van der Waals surface area (Å²) < 4.78 is 11.1. The van der Waals surface area contributed by atoms with Gasteiger partial charge in [-0.2, -0.15) is 0 Å². The van der Waals surface area contributed by atoms with Gasteiger partial charge < -0.3 is 19.3 Å². The molecule has 0 radical (unpaired) electrons. The zero-order valence-electron chi connectivity index (χ0n) is 16.9. The van der Waals surface area contributed by atoms with Crippen LogP contribution in [0.3, 0.4) is 0 Å². The number of likely N-dealkylation sites (N-methyl/N-ethyl adjacent to an activating group) is 1. The molecule has 2 aromatic rings. The fraction of sp³-hybridized carbons (Fsp3) is 0.364. The van der Waals surface area contributed by atoms with Crippen molar-refractivity contribution >= 4 is 23.4 Å². The van der Waals surface area contributed by atoms with Gasteiger partial charge in [0.25, 0.3) is 5.91 Å². The Bertz CT molecular complexity index is 896. The van der Waals surface area contributed by atoms with Gasteiger partial charge in [-0.3, -0.25) is 9.59 Å². The maximum atomic E-state index is 12.8. The summed E-state index contributed by atoms with van der Waals surface area (Å²) in [6.07, 6.45) is 0.224. The van der Waals surface area contributed by atoms with Crippen LogP contribution in [-0.4, -0.2) is 55.5 Å². The Kier molecular flexibility index (Phi) is 6.64. The Morgan fingerprint density at radius 3 is 2.38 bits per heavy atom. The molecule has 7 heteroatoms. The van der Waals surface area contributed by atoms with Gasteiger partial charge in [-0.05, 0) is 42.3 Å². The van der Waals surface area contributed by atoms with Crippen LogP contribution in [0.2, 0.25) is 5.02 Å². The molecule has 1 aliphatic rings. The number of fused-ring (bicyclic) bond motifs is 1. The van der Waals surface area contributed by atoms with Gasteiger partial charge in [0, 0.05) is 32.7 Å². The van der Waals surface area contributed by atoms with Crippen LogP contribution in [0.5, 0.6) is 11.5 Å². The standard InChI is InChI=1S/C22H25ClN2O4/c1-4-25(14-15-5-7-17(8-6-15)22(27)24(2)3)20(26)13-16-11-18(23)21-19(12-16)28-9-10-29-21/h5-8,11-12H,4,9-10,13-14H2,1-3H3. The minimum atomic E-state index is -0.0459. The van der Waals surface area contributed by atoms with E-state index in [0.29, 0.717) is 48.4 Å². The van der Waals surface area contributed by atoms with Crippen molar-refractivity contribution in [3.63, 3.8) is 0 Å². The molecule has 0 N–H and O–H groups in total. The lowest BCUT2D eigenvalue weighted by Gasteiger charge is -2.23. The van der Waals surface area contributed by atoms with Crippen molar-refractivity contribution in [2.75, 3.05) is 33.9 Å². The molecule has 2 amide bonds. The molecular weight excluding hydrogens is 392 g/mol. The summed E-state index contributed by atoms with van der Waals surface area (Å²) in [6.45, 7) is 3.93. The van der Waals surface area contributed by atoms with E-state index in [-0.39, 0.29) is 18.2 Å². The second-order valence-electron chi connectivity index (χ2n) is 7.08. The summed E-state index contributed by atoms with van der Waals surface area (Å²) in [5.74, 6) is 1.06. The zero-order chi connectivity index (χ0) is 21.0. The van der Waals surface area contributed by atoms with E-state index in [1.807, 2.05) is 25.1 Å². The van der Waals surface area contributed by atoms with E-state index in [4.69, 9.17) is 21.1 Å². The van der Waals surface area contributed by atoms with Crippen molar-refractivity contribution in [2.24, 2.45) is 0 Å². The van der Waals surface area contributed by atoms with Crippen molar-refractivity contribution in [2.45, 2.75) is 19.9 Å². The molecular formula is C22H25ClN2O4. The first-order valence-electron chi connectivity index (χ1n) is 9.55. The third-order valence-corrected chi connectivity index (χ3v) is 5.01. The predicted octanol–water partition coefficient (Wildman–Crippen LogP) is 3.40. The lowest BCUT2D eigenvalue weighted by atomic mass is 10.1. The summed E-state index contributed by atoms with van der Waals surface area (Å²) in [6, 6.07) is 10.9. The Hall–Kier alpha value is -2.73. The molecule has 29 heavy (non-hydrogen) atoms. The van der Waals surface area contributed by atoms with Crippen molar-refractivity contribution in [3.8, 4) is 11.5 Å². The van der Waals surface area contributed by atoms with E-state index in [2.05, 4.69) is 0 Å². The SMILES string of the molecule is CCN(Cc1ccc(C(=O)N(C)C)cc1)C(=O)Cc1cc(Cl)c2c(c1)OCCO2. The van der Waals surface area contributed by atoms with Gasteiger partial charge >= 0.3 is 0 Å². The molecule has 0 saturated heterocycles. The first-order chi connectivity index (χ1) is 13.9. The number of carbonyl (C=O) groups is 2. The van der Waals surface area contributed by atoms with Crippen LogP contribution < -0.4 is 9.47 Å². The van der Waals surface area contributed by atoms with Gasteiger partial charge in [-0.15, -0.1) is 0 Å². The topological polar surface area (TPSA) is 59.1 Å². The molecule has 0 aliphatic carbocycles. The van der Waals surface area contributed by atoms with Gasteiger partial charge in [0.15, 0.2) is 11.5 Å². The zero-order valence-corrected chi connectivity index (χ0v) is 17.7. The third-order valence-electron chi connectivity index (χ3n) is 4.73. The number of halogens is 1. The summed E-state index contributed by atoms with van der Waals surface area (Å²) in [7, 11) is 3.44. The van der Waals surface area contributed by atoms with Gasteiger partial charge in [-0.25, -0.2) is 0 Å². The average Bonchev–Trinajstić information content (AvgIpc) is 2.71. The van der Waals surface area contributed by atoms with Crippen molar-refractivity contribution in [1.82, 2.24) is 9.80 Å². The van der Waals surface area contributed by atoms with Crippen LogP contribution >= 0.6 is 11.6 Å². The van der Waals surface area contributed by atoms with E-state index in [1.54, 1.807) is 37.2 Å². The Labute approximate surface area is 176 Å². The molecule has 0 atom stereocenters. The van der Waals surface area contributed by atoms with Crippen LogP contribution in [0.1, 0.15) is 28.4 Å². The van der Waals surface area contributed by atoms with Crippen molar-refractivity contribution < 1.29 is 19.1 Å². The largest absolute Gasteiger partial charge is 0.486 e. The van der Waals surface area contributed by atoms with E-state index in [1.165, 1.54) is 4.90 Å². The van der Waals surface area contributed by atoms with Crippen LogP contribution in [-0.2, 0) is 17.8 Å². The van der Waals surface area contributed by atoms with Crippen molar-refractivity contribution in [1.29, 1.82) is 0 Å². The van der Waals surface area contributed by atoms with E-state index in [9.17, 15) is 9.59 Å². The third kappa shape index (κ3) is 5.01. The molecule has 154 valence electrons. The molecule has 2 aromatic carbocycles. The van der Waals surface area contributed by atoms with E-state index in [0.717, 1.165) is 11.1 Å². The highest BCUT2D eigenvalue weighted by Gasteiger charge is 2.19. The normalized spacial score (nSPS) is 12.4. The Morgan fingerprint density at radius 1 is 1.03 bits per heavy atom. The molecule has 0 saturated carbocycles. The average molecular weight is 417 g/mol. The summed E-state index contributed by atoms with van der Waals surface area (Å²) >= 11 is 6.28. The summed E-state index contributed by atoms with van der Waals surface area (Å²) in [4.78, 5) is 28.2. The minimum Gasteiger partial charge on any atom is -0.486 e. The summed E-state index contributed by atoms with van der Waals surface area (Å²) in [5, 5.41) is 0.453. The highest BCUT2D eigenvalue weighted by molar-refractivity contribution is 6.32. The number of amides is 2. The number of ether oxygens (including phenoxy) is 2. The minimum absolute atomic E-state index is 0.00584. The van der Waals surface area contributed by atoms with Crippen molar-refractivity contribution in [3.05, 3.63) is 58.1 Å². The molecule has 6 nitrogen and oxygen atoms in total. The fourth-order valence-electron chi connectivity index (χ4n) is 3.16. The Balaban J connectivity index is 1.68. The Morgan fingerprint density at radius 2 is 1.72 bits per heavy atom.